The zero-order chi connectivity index (χ0) is 24.1. The molecule has 3 aromatic rings. The molecule has 0 saturated carbocycles. The Labute approximate surface area is 209 Å². The first-order valence-electron chi connectivity index (χ1n) is 9.91. The van der Waals surface area contributed by atoms with Crippen LogP contribution in [-0.2, 0) is 9.84 Å². The largest absolute Gasteiger partial charge is 0.388 e. The average Bonchev–Trinajstić information content (AvgIpc) is 3.34. The smallest absolute Gasteiger partial charge is 0.175 e. The highest BCUT2D eigenvalue weighted by Gasteiger charge is 2.41. The van der Waals surface area contributed by atoms with E-state index in [0.717, 1.165) is 15.3 Å². The SMILES string of the molecule is CC(C)(O)C1NN(c2cccc(F)c2Cl)C(c2ccc(-c3cccc(S(C)(=O)=O)c3)s2)=C1Br. The third-order valence-corrected chi connectivity index (χ3v) is 8.68. The fraction of sp³-hybridized carbons (Fsp3) is 0.217. The maximum absolute atomic E-state index is 14.2. The topological polar surface area (TPSA) is 69.6 Å². The Balaban J connectivity index is 1.82. The molecule has 0 saturated heterocycles. The van der Waals surface area contributed by atoms with Gasteiger partial charge >= 0.3 is 0 Å². The van der Waals surface area contributed by atoms with Crippen molar-refractivity contribution in [2.75, 3.05) is 11.3 Å². The van der Waals surface area contributed by atoms with Crippen LogP contribution in [0.5, 0.6) is 0 Å². The van der Waals surface area contributed by atoms with Crippen LogP contribution in [0.1, 0.15) is 18.7 Å². The number of sulfone groups is 1. The lowest BCUT2D eigenvalue weighted by molar-refractivity contribution is 0.0565. The van der Waals surface area contributed by atoms with E-state index in [1.54, 1.807) is 49.2 Å². The zero-order valence-electron chi connectivity index (χ0n) is 17.9. The molecule has 0 bridgehead atoms. The molecule has 33 heavy (non-hydrogen) atoms. The number of benzene rings is 2. The van der Waals surface area contributed by atoms with E-state index in [2.05, 4.69) is 21.4 Å². The van der Waals surface area contributed by atoms with Crippen molar-refractivity contribution in [3.8, 4) is 10.4 Å². The minimum atomic E-state index is -3.34. The number of anilines is 1. The lowest BCUT2D eigenvalue weighted by atomic mass is 9.99. The van der Waals surface area contributed by atoms with Crippen LogP contribution in [0.25, 0.3) is 16.1 Å². The molecule has 10 heteroatoms. The van der Waals surface area contributed by atoms with E-state index in [0.29, 0.717) is 15.9 Å². The molecule has 0 radical (unpaired) electrons. The molecule has 4 rings (SSSR count). The monoisotopic (exact) mass is 570 g/mol. The van der Waals surface area contributed by atoms with Gasteiger partial charge in [-0.15, -0.1) is 11.3 Å². The molecule has 0 aliphatic carbocycles. The van der Waals surface area contributed by atoms with E-state index in [1.165, 1.54) is 23.7 Å². The summed E-state index contributed by atoms with van der Waals surface area (Å²) in [4.78, 5) is 1.93. The Hall–Kier alpha value is -1.75. The third kappa shape index (κ3) is 4.76. The number of hydrazine groups is 1. The minimum Gasteiger partial charge on any atom is -0.388 e. The van der Waals surface area contributed by atoms with Gasteiger partial charge in [0.15, 0.2) is 9.84 Å². The summed E-state index contributed by atoms with van der Waals surface area (Å²) in [5.74, 6) is -0.553. The second kappa shape index (κ2) is 8.79. The van der Waals surface area contributed by atoms with Crippen LogP contribution in [0.3, 0.4) is 0 Å². The van der Waals surface area contributed by atoms with E-state index >= 15 is 0 Å². The molecule has 2 heterocycles. The summed E-state index contributed by atoms with van der Waals surface area (Å²) in [7, 11) is -3.34. The van der Waals surface area contributed by atoms with Gasteiger partial charge in [0.25, 0.3) is 0 Å². The maximum Gasteiger partial charge on any atom is 0.175 e. The molecule has 0 spiro atoms. The van der Waals surface area contributed by atoms with Gasteiger partial charge in [-0.1, -0.05) is 45.7 Å². The molecule has 1 aromatic heterocycles. The van der Waals surface area contributed by atoms with Crippen LogP contribution >= 0.6 is 38.9 Å². The molecule has 1 aliphatic heterocycles. The predicted molar refractivity (Wildman–Crippen MR) is 136 cm³/mol. The van der Waals surface area contributed by atoms with Gasteiger partial charge < -0.3 is 5.11 Å². The quantitative estimate of drug-likeness (QED) is 0.403. The van der Waals surface area contributed by atoms with Gasteiger partial charge in [-0.3, -0.25) is 5.01 Å². The van der Waals surface area contributed by atoms with Crippen molar-refractivity contribution in [2.24, 2.45) is 0 Å². The second-order valence-corrected chi connectivity index (χ2v) is 12.6. The van der Waals surface area contributed by atoms with Crippen LogP contribution in [0.4, 0.5) is 10.1 Å². The normalized spacial score (nSPS) is 17.2. The van der Waals surface area contributed by atoms with Crippen LogP contribution in [-0.4, -0.2) is 31.4 Å². The Kier molecular flexibility index (Phi) is 6.50. The molecule has 2 N–H and O–H groups in total. The number of hydrogen-bond donors (Lipinski definition) is 2. The van der Waals surface area contributed by atoms with Crippen molar-refractivity contribution in [2.45, 2.75) is 30.4 Å². The molecule has 174 valence electrons. The highest BCUT2D eigenvalue weighted by molar-refractivity contribution is 9.12. The van der Waals surface area contributed by atoms with Gasteiger partial charge in [0.2, 0.25) is 0 Å². The van der Waals surface area contributed by atoms with Crippen LogP contribution in [0.15, 0.2) is 64.0 Å². The molecule has 5 nitrogen and oxygen atoms in total. The Morgan fingerprint density at radius 3 is 2.48 bits per heavy atom. The lowest BCUT2D eigenvalue weighted by Crippen LogP contribution is -2.48. The molecule has 1 aliphatic rings. The summed E-state index contributed by atoms with van der Waals surface area (Å²) in [5.41, 5.74) is 3.96. The van der Waals surface area contributed by atoms with E-state index in [1.807, 2.05) is 18.2 Å². The number of halogens is 3. The van der Waals surface area contributed by atoms with Crippen LogP contribution in [0.2, 0.25) is 5.02 Å². The summed E-state index contributed by atoms with van der Waals surface area (Å²) < 4.78 is 38.9. The summed E-state index contributed by atoms with van der Waals surface area (Å²) in [6.07, 6.45) is 1.18. The molecular weight excluding hydrogens is 551 g/mol. The highest BCUT2D eigenvalue weighted by Crippen LogP contribution is 2.45. The van der Waals surface area contributed by atoms with Crippen LogP contribution < -0.4 is 10.4 Å². The summed E-state index contributed by atoms with van der Waals surface area (Å²) in [6.45, 7) is 3.35. The fourth-order valence-corrected chi connectivity index (χ4v) is 6.66. The van der Waals surface area contributed by atoms with Gasteiger partial charge in [0.05, 0.1) is 32.8 Å². The molecular formula is C23H21BrClFN2O3S2. The van der Waals surface area contributed by atoms with Crippen molar-refractivity contribution < 1.29 is 17.9 Å². The summed E-state index contributed by atoms with van der Waals surface area (Å²) in [6, 6.07) is 14.6. The van der Waals surface area contributed by atoms with Gasteiger partial charge in [0.1, 0.15) is 10.8 Å². The first kappa shape index (κ1) is 24.4. The van der Waals surface area contributed by atoms with Gasteiger partial charge in [-0.25, -0.2) is 18.2 Å². The van der Waals surface area contributed by atoms with E-state index in [-0.39, 0.29) is 9.92 Å². The first-order valence-corrected chi connectivity index (χ1v) is 13.8. The predicted octanol–water partition coefficient (Wildman–Crippen LogP) is 5.84. The molecule has 0 fully saturated rings. The standard InChI is InChI=1S/C23H21BrClFN2O3S2/c1-23(2,29)22-19(24)21(28(27-22)16-9-5-8-15(26)20(16)25)18-11-10-17(32-18)13-6-4-7-14(12-13)33(3,30)31/h4-12,22,27,29H,1-3H3. The average molecular weight is 572 g/mol. The number of thiophene rings is 1. The first-order chi connectivity index (χ1) is 15.4. The minimum absolute atomic E-state index is 0.0446. The lowest BCUT2D eigenvalue weighted by Gasteiger charge is -2.29. The van der Waals surface area contributed by atoms with Gasteiger partial charge in [-0.2, -0.15) is 0 Å². The van der Waals surface area contributed by atoms with E-state index in [9.17, 15) is 17.9 Å². The molecule has 1 atom stereocenters. The number of aliphatic hydroxyl groups is 1. The summed E-state index contributed by atoms with van der Waals surface area (Å²) >= 11 is 11.4. The number of hydrogen-bond acceptors (Lipinski definition) is 6. The van der Waals surface area contributed by atoms with Crippen molar-refractivity contribution in [1.29, 1.82) is 0 Å². The van der Waals surface area contributed by atoms with Gasteiger partial charge in [0, 0.05) is 15.6 Å². The Morgan fingerprint density at radius 2 is 1.82 bits per heavy atom. The molecule has 1 unspecified atom stereocenters. The number of rotatable bonds is 5. The molecule has 2 aromatic carbocycles. The van der Waals surface area contributed by atoms with Gasteiger partial charge in [-0.05, 0) is 55.8 Å². The molecule has 0 amide bonds. The maximum atomic E-state index is 14.2. The number of nitrogens with one attached hydrogen (secondary N) is 1. The Morgan fingerprint density at radius 1 is 1.15 bits per heavy atom. The van der Waals surface area contributed by atoms with Crippen LogP contribution in [0, 0.1) is 5.82 Å². The Bertz CT molecular complexity index is 1370. The second-order valence-electron chi connectivity index (χ2n) is 8.28. The van der Waals surface area contributed by atoms with Crippen molar-refractivity contribution >= 4 is 60.1 Å². The van der Waals surface area contributed by atoms with Crippen molar-refractivity contribution in [1.82, 2.24) is 5.43 Å². The van der Waals surface area contributed by atoms with Crippen molar-refractivity contribution in [3.05, 3.63) is 74.8 Å². The zero-order valence-corrected chi connectivity index (χ0v) is 21.9. The number of nitrogens with zero attached hydrogens (tertiary/aromatic N) is 1. The fourth-order valence-electron chi connectivity index (χ4n) is 3.55. The van der Waals surface area contributed by atoms with E-state index in [4.69, 9.17) is 11.6 Å². The van der Waals surface area contributed by atoms with Crippen molar-refractivity contribution in [3.63, 3.8) is 0 Å². The third-order valence-electron chi connectivity index (χ3n) is 5.23. The summed E-state index contributed by atoms with van der Waals surface area (Å²) in [5, 5.41) is 12.3. The highest BCUT2D eigenvalue weighted by atomic mass is 79.9. The van der Waals surface area contributed by atoms with E-state index < -0.39 is 27.3 Å².